The van der Waals surface area contributed by atoms with E-state index < -0.39 is 0 Å². The summed E-state index contributed by atoms with van der Waals surface area (Å²) in [5, 5.41) is 7.28. The molecule has 1 saturated carbocycles. The summed E-state index contributed by atoms with van der Waals surface area (Å²) >= 11 is 0. The molecule has 1 atom stereocenters. The molecule has 1 fully saturated rings. The zero-order valence-electron chi connectivity index (χ0n) is 15.2. The normalized spacial score (nSPS) is 19.5. The maximum atomic E-state index is 13.1. The number of H-pyrrole nitrogens is 1. The van der Waals surface area contributed by atoms with Crippen LogP contribution in [-0.4, -0.2) is 27.0 Å². The molecule has 1 heterocycles. The third kappa shape index (κ3) is 3.22. The first-order valence-electron chi connectivity index (χ1n) is 9.54. The van der Waals surface area contributed by atoms with Gasteiger partial charge in [-0.15, -0.1) is 0 Å². The quantitative estimate of drug-likeness (QED) is 0.895. The number of aryl methyl sites for hydroxylation is 3. The third-order valence-corrected chi connectivity index (χ3v) is 5.77. The van der Waals surface area contributed by atoms with E-state index in [2.05, 4.69) is 39.4 Å². The number of carbonyl (C=O) groups is 1. The predicted octanol–water partition coefficient (Wildman–Crippen LogP) is 4.03. The van der Waals surface area contributed by atoms with Gasteiger partial charge in [-0.3, -0.25) is 9.89 Å². The fraction of sp³-hybridized carbons (Fsp3) is 0.524. The van der Waals surface area contributed by atoms with Crippen LogP contribution in [0, 0.1) is 13.8 Å². The minimum absolute atomic E-state index is 0.275. The molecule has 0 spiro atoms. The molecule has 25 heavy (non-hydrogen) atoms. The first kappa shape index (κ1) is 16.4. The van der Waals surface area contributed by atoms with E-state index in [0.717, 1.165) is 43.5 Å². The van der Waals surface area contributed by atoms with Crippen molar-refractivity contribution in [1.82, 2.24) is 15.1 Å². The van der Waals surface area contributed by atoms with Gasteiger partial charge in [0.25, 0.3) is 0 Å². The van der Waals surface area contributed by atoms with Crippen molar-refractivity contribution in [3.05, 3.63) is 52.3 Å². The summed E-state index contributed by atoms with van der Waals surface area (Å²) < 4.78 is 0. The second-order valence-electron chi connectivity index (χ2n) is 7.55. The van der Waals surface area contributed by atoms with Gasteiger partial charge in [0, 0.05) is 18.2 Å². The van der Waals surface area contributed by atoms with Crippen molar-refractivity contribution in [2.45, 2.75) is 70.9 Å². The highest BCUT2D eigenvalue weighted by atomic mass is 16.2. The van der Waals surface area contributed by atoms with Crippen LogP contribution in [0.25, 0.3) is 0 Å². The second kappa shape index (κ2) is 6.66. The number of hydrogen-bond donors (Lipinski definition) is 1. The first-order chi connectivity index (χ1) is 12.1. The molecule has 4 heteroatoms. The van der Waals surface area contributed by atoms with Crippen molar-refractivity contribution >= 4 is 5.91 Å². The molecule has 1 aromatic heterocycles. The molecule has 2 aliphatic carbocycles. The highest BCUT2D eigenvalue weighted by Gasteiger charge is 2.39. The molecule has 0 radical (unpaired) electrons. The van der Waals surface area contributed by atoms with E-state index >= 15 is 0 Å². The van der Waals surface area contributed by atoms with Crippen LogP contribution in [0.15, 0.2) is 24.3 Å². The number of nitrogens with zero attached hydrogens (tertiary/aromatic N) is 2. The van der Waals surface area contributed by atoms with E-state index in [1.807, 2.05) is 13.8 Å². The van der Waals surface area contributed by atoms with E-state index in [-0.39, 0.29) is 6.04 Å². The molecule has 0 bridgehead atoms. The lowest BCUT2D eigenvalue weighted by Gasteiger charge is -2.36. The number of aromatic nitrogens is 2. The zero-order chi connectivity index (χ0) is 17.4. The van der Waals surface area contributed by atoms with Crippen LogP contribution < -0.4 is 0 Å². The van der Waals surface area contributed by atoms with Gasteiger partial charge in [0.1, 0.15) is 0 Å². The summed E-state index contributed by atoms with van der Waals surface area (Å²) in [6.45, 7) is 4.05. The Bertz CT molecular complexity index is 756. The summed E-state index contributed by atoms with van der Waals surface area (Å²) in [6.07, 6.45) is 7.11. The van der Waals surface area contributed by atoms with Crippen LogP contribution >= 0.6 is 0 Å². The van der Waals surface area contributed by atoms with Crippen molar-refractivity contribution in [1.29, 1.82) is 0 Å². The molecule has 1 aromatic carbocycles. The molecule has 2 aromatic rings. The predicted molar refractivity (Wildman–Crippen MR) is 98.4 cm³/mol. The van der Waals surface area contributed by atoms with Gasteiger partial charge in [-0.25, -0.2) is 0 Å². The highest BCUT2D eigenvalue weighted by Crippen LogP contribution is 2.41. The Kier molecular flexibility index (Phi) is 4.36. The zero-order valence-corrected chi connectivity index (χ0v) is 15.2. The number of benzene rings is 1. The van der Waals surface area contributed by atoms with Crippen molar-refractivity contribution in [3.8, 4) is 0 Å². The lowest BCUT2D eigenvalue weighted by atomic mass is 9.86. The Labute approximate surface area is 149 Å². The van der Waals surface area contributed by atoms with Crippen molar-refractivity contribution in [2.75, 3.05) is 0 Å². The maximum absolute atomic E-state index is 13.1. The summed E-state index contributed by atoms with van der Waals surface area (Å²) in [5.74, 6) is 0.309. The SMILES string of the molecule is Cc1n[nH]c(C)c1CCC(=O)N(C1CC1)[C@H]1CCCc2ccccc21. The number of hydrogen-bond acceptors (Lipinski definition) is 2. The average Bonchev–Trinajstić information content (AvgIpc) is 3.40. The summed E-state index contributed by atoms with van der Waals surface area (Å²) in [4.78, 5) is 15.4. The molecule has 1 amide bonds. The Balaban J connectivity index is 1.53. The Morgan fingerprint density at radius 1 is 1.24 bits per heavy atom. The first-order valence-corrected chi connectivity index (χ1v) is 9.54. The monoisotopic (exact) mass is 337 g/mol. The Hall–Kier alpha value is -2.10. The van der Waals surface area contributed by atoms with E-state index in [9.17, 15) is 4.79 Å². The summed E-state index contributed by atoms with van der Waals surface area (Å²) in [5.41, 5.74) is 6.12. The molecular weight excluding hydrogens is 310 g/mol. The second-order valence-corrected chi connectivity index (χ2v) is 7.55. The van der Waals surface area contributed by atoms with Gasteiger partial charge in [-0.1, -0.05) is 24.3 Å². The fourth-order valence-corrected chi connectivity index (χ4v) is 4.31. The standard InChI is InChI=1S/C21H27N3O/c1-14-18(15(2)23-22-14)12-13-21(25)24(17-10-11-17)20-9-5-7-16-6-3-4-8-19(16)20/h3-4,6,8,17,20H,5,7,9-13H2,1-2H3,(H,22,23)/t20-/m0/s1. The molecule has 132 valence electrons. The Morgan fingerprint density at radius 3 is 2.76 bits per heavy atom. The lowest BCUT2D eigenvalue weighted by molar-refractivity contribution is -0.134. The minimum atomic E-state index is 0.275. The van der Waals surface area contributed by atoms with Crippen LogP contribution in [-0.2, 0) is 17.6 Å². The van der Waals surface area contributed by atoms with Gasteiger partial charge in [0.05, 0.1) is 11.7 Å². The number of amides is 1. The molecule has 1 N–H and O–H groups in total. The molecular formula is C21H27N3O. The smallest absolute Gasteiger partial charge is 0.223 e. The topological polar surface area (TPSA) is 49.0 Å². The maximum Gasteiger partial charge on any atom is 0.223 e. The van der Waals surface area contributed by atoms with E-state index in [1.165, 1.54) is 23.1 Å². The largest absolute Gasteiger partial charge is 0.333 e. The van der Waals surface area contributed by atoms with Gasteiger partial charge in [-0.2, -0.15) is 5.10 Å². The van der Waals surface area contributed by atoms with Gasteiger partial charge in [-0.05, 0) is 69.1 Å². The number of carbonyl (C=O) groups excluding carboxylic acids is 1. The van der Waals surface area contributed by atoms with Gasteiger partial charge < -0.3 is 4.90 Å². The van der Waals surface area contributed by atoms with Crippen LogP contribution in [0.5, 0.6) is 0 Å². The molecule has 4 nitrogen and oxygen atoms in total. The van der Waals surface area contributed by atoms with Crippen LogP contribution in [0.1, 0.15) is 66.2 Å². The highest BCUT2D eigenvalue weighted by molar-refractivity contribution is 5.78. The molecule has 0 unspecified atom stereocenters. The fourth-order valence-electron chi connectivity index (χ4n) is 4.31. The van der Waals surface area contributed by atoms with Crippen LogP contribution in [0.4, 0.5) is 0 Å². The summed E-state index contributed by atoms with van der Waals surface area (Å²) in [6, 6.07) is 9.42. The number of fused-ring (bicyclic) bond motifs is 1. The van der Waals surface area contributed by atoms with E-state index in [0.29, 0.717) is 18.4 Å². The molecule has 0 saturated heterocycles. The minimum Gasteiger partial charge on any atom is -0.333 e. The molecule has 2 aliphatic rings. The van der Waals surface area contributed by atoms with E-state index in [1.54, 1.807) is 0 Å². The van der Waals surface area contributed by atoms with Crippen molar-refractivity contribution in [2.24, 2.45) is 0 Å². The number of rotatable bonds is 5. The van der Waals surface area contributed by atoms with Gasteiger partial charge >= 0.3 is 0 Å². The van der Waals surface area contributed by atoms with Crippen LogP contribution in [0.3, 0.4) is 0 Å². The number of aromatic amines is 1. The van der Waals surface area contributed by atoms with E-state index in [4.69, 9.17) is 0 Å². The van der Waals surface area contributed by atoms with Crippen molar-refractivity contribution < 1.29 is 4.79 Å². The lowest BCUT2D eigenvalue weighted by Crippen LogP contribution is -2.38. The van der Waals surface area contributed by atoms with Crippen LogP contribution in [0.2, 0.25) is 0 Å². The average molecular weight is 337 g/mol. The third-order valence-electron chi connectivity index (χ3n) is 5.77. The molecule has 4 rings (SSSR count). The Morgan fingerprint density at radius 2 is 2.04 bits per heavy atom. The molecule has 0 aliphatic heterocycles. The van der Waals surface area contributed by atoms with Crippen molar-refractivity contribution in [3.63, 3.8) is 0 Å². The van der Waals surface area contributed by atoms with Gasteiger partial charge in [0.2, 0.25) is 5.91 Å². The summed E-state index contributed by atoms with van der Waals surface area (Å²) in [7, 11) is 0. The number of nitrogens with one attached hydrogen (secondary N) is 1. The van der Waals surface area contributed by atoms with Gasteiger partial charge in [0.15, 0.2) is 0 Å².